The summed E-state index contributed by atoms with van der Waals surface area (Å²) in [6, 6.07) is 9.52. The van der Waals surface area contributed by atoms with Gasteiger partial charge < -0.3 is 56.8 Å². The topological polar surface area (TPSA) is 261 Å². The van der Waals surface area contributed by atoms with Gasteiger partial charge in [-0.3, -0.25) is 19.2 Å². The van der Waals surface area contributed by atoms with Gasteiger partial charge in [0.05, 0.1) is 24.4 Å². The second-order valence-electron chi connectivity index (χ2n) is 17.5. The lowest BCUT2D eigenvalue weighted by Crippen LogP contribution is -2.52. The SMILES string of the molecule is CC(=O)N1CCC(C(=O)NCc2cccc(/C=C/C[C@](O)(C=O)C[C@H](O)C(C[C@H](O)C(O)CNC(=O)c3cc(C)c(C)c(C)c3)NC(=O)CN(N)/C=C(\N)C3CCCCC3)c2)CC1. The first-order valence-corrected chi connectivity index (χ1v) is 22.0. The second-order valence-corrected chi connectivity index (χ2v) is 17.5. The van der Waals surface area contributed by atoms with Crippen LogP contribution in [0.15, 0.2) is 54.4 Å². The largest absolute Gasteiger partial charge is 0.401 e. The maximum absolute atomic E-state index is 13.3. The molecule has 4 amide bonds. The van der Waals surface area contributed by atoms with Gasteiger partial charge in [0.25, 0.3) is 5.91 Å². The molecule has 0 bridgehead atoms. The molecule has 4 rings (SSSR count). The van der Waals surface area contributed by atoms with Crippen LogP contribution in [0.2, 0.25) is 0 Å². The number of aliphatic hydroxyl groups excluding tert-OH is 3. The molecule has 16 heteroatoms. The van der Waals surface area contributed by atoms with Crippen molar-refractivity contribution >= 4 is 36.0 Å². The van der Waals surface area contributed by atoms with E-state index >= 15 is 0 Å². The van der Waals surface area contributed by atoms with E-state index in [4.69, 9.17) is 11.6 Å². The molecule has 1 saturated heterocycles. The first-order valence-electron chi connectivity index (χ1n) is 22.0. The number of aryl methyl sites for hydroxylation is 2. The number of nitrogens with zero attached hydrogens (tertiary/aromatic N) is 2. The van der Waals surface area contributed by atoms with E-state index in [1.165, 1.54) is 13.1 Å². The molecule has 16 nitrogen and oxygen atoms in total. The van der Waals surface area contributed by atoms with Crippen LogP contribution in [-0.4, -0.2) is 116 Å². The number of likely N-dealkylation sites (tertiary alicyclic amines) is 1. The minimum Gasteiger partial charge on any atom is -0.401 e. The number of carbonyl (C=O) groups excluding carboxylic acids is 5. The maximum Gasteiger partial charge on any atom is 0.251 e. The van der Waals surface area contributed by atoms with E-state index in [0.29, 0.717) is 43.5 Å². The fourth-order valence-electron chi connectivity index (χ4n) is 8.21. The molecular formula is C47H69N7O9. The van der Waals surface area contributed by atoms with Crippen LogP contribution in [0.3, 0.4) is 0 Å². The van der Waals surface area contributed by atoms with E-state index in [1.54, 1.807) is 29.2 Å². The van der Waals surface area contributed by atoms with Crippen molar-refractivity contribution in [3.05, 3.63) is 87.8 Å². The lowest BCUT2D eigenvalue weighted by molar-refractivity contribution is -0.134. The molecule has 2 aliphatic rings. The van der Waals surface area contributed by atoms with E-state index in [-0.39, 0.29) is 49.7 Å². The van der Waals surface area contributed by atoms with E-state index < -0.39 is 54.6 Å². The van der Waals surface area contributed by atoms with Crippen LogP contribution >= 0.6 is 0 Å². The number of allylic oxidation sites excluding steroid dienone is 1. The van der Waals surface area contributed by atoms with E-state index in [9.17, 15) is 44.4 Å². The Morgan fingerprint density at radius 2 is 1.59 bits per heavy atom. The predicted molar refractivity (Wildman–Crippen MR) is 240 cm³/mol. The van der Waals surface area contributed by atoms with Gasteiger partial charge in [0.15, 0.2) is 6.29 Å². The number of rotatable bonds is 21. The molecule has 2 aromatic carbocycles. The number of hydrazine groups is 1. The Hall–Kier alpha value is -5.13. The summed E-state index contributed by atoms with van der Waals surface area (Å²) < 4.78 is 0. The van der Waals surface area contributed by atoms with Gasteiger partial charge in [-0.25, -0.2) is 5.84 Å². The van der Waals surface area contributed by atoms with Crippen molar-refractivity contribution in [2.75, 3.05) is 26.2 Å². The molecular weight excluding hydrogens is 807 g/mol. The molecule has 1 aliphatic heterocycles. The fraction of sp³-hybridized carbons (Fsp3) is 0.553. The summed E-state index contributed by atoms with van der Waals surface area (Å²) in [5, 5.41) is 54.2. The molecule has 346 valence electrons. The first kappa shape index (κ1) is 50.5. The molecule has 1 saturated carbocycles. The highest BCUT2D eigenvalue weighted by Gasteiger charge is 2.35. The van der Waals surface area contributed by atoms with Crippen LogP contribution in [0.25, 0.3) is 6.08 Å². The molecule has 11 N–H and O–H groups in total. The van der Waals surface area contributed by atoms with Gasteiger partial charge in [0.1, 0.15) is 12.1 Å². The third kappa shape index (κ3) is 15.9. The van der Waals surface area contributed by atoms with Crippen molar-refractivity contribution in [3.8, 4) is 0 Å². The molecule has 0 aromatic heterocycles. The van der Waals surface area contributed by atoms with Crippen LogP contribution in [0, 0.1) is 32.6 Å². The van der Waals surface area contributed by atoms with Gasteiger partial charge >= 0.3 is 0 Å². The van der Waals surface area contributed by atoms with Crippen molar-refractivity contribution in [1.82, 2.24) is 25.9 Å². The van der Waals surface area contributed by atoms with Crippen molar-refractivity contribution in [2.45, 2.75) is 128 Å². The number of nitrogens with one attached hydrogen (secondary N) is 3. The Labute approximate surface area is 371 Å². The highest BCUT2D eigenvalue weighted by atomic mass is 16.3. The van der Waals surface area contributed by atoms with Crippen molar-refractivity contribution in [2.24, 2.45) is 23.4 Å². The Balaban J connectivity index is 1.39. The predicted octanol–water partition coefficient (Wildman–Crippen LogP) is 2.15. The lowest BCUT2D eigenvalue weighted by Gasteiger charge is -2.32. The maximum atomic E-state index is 13.3. The Kier molecular flexibility index (Phi) is 19.3. The Bertz CT molecular complexity index is 1920. The zero-order valence-corrected chi connectivity index (χ0v) is 37.2. The van der Waals surface area contributed by atoms with Crippen molar-refractivity contribution in [1.29, 1.82) is 0 Å². The van der Waals surface area contributed by atoms with Crippen LogP contribution in [0.4, 0.5) is 0 Å². The molecule has 0 radical (unpaired) electrons. The average Bonchev–Trinajstić information content (AvgIpc) is 3.26. The number of aliphatic hydroxyl groups is 4. The van der Waals surface area contributed by atoms with Gasteiger partial charge in [-0.15, -0.1) is 0 Å². The summed E-state index contributed by atoms with van der Waals surface area (Å²) in [5.41, 5.74) is 9.61. The highest BCUT2D eigenvalue weighted by molar-refractivity contribution is 5.94. The van der Waals surface area contributed by atoms with Gasteiger partial charge in [0.2, 0.25) is 17.7 Å². The normalized spacial score (nSPS) is 18.2. The minimum atomic E-state index is -2.10. The Morgan fingerprint density at radius 1 is 0.921 bits per heavy atom. The monoisotopic (exact) mass is 876 g/mol. The fourth-order valence-corrected chi connectivity index (χ4v) is 8.21. The van der Waals surface area contributed by atoms with Crippen molar-refractivity contribution in [3.63, 3.8) is 0 Å². The number of aldehydes is 1. The molecule has 2 unspecified atom stereocenters. The van der Waals surface area contributed by atoms with E-state index in [2.05, 4.69) is 16.0 Å². The number of hydrogen-bond donors (Lipinski definition) is 9. The average molecular weight is 876 g/mol. The summed E-state index contributed by atoms with van der Waals surface area (Å²) in [7, 11) is 0. The smallest absolute Gasteiger partial charge is 0.251 e. The van der Waals surface area contributed by atoms with Gasteiger partial charge in [0, 0.05) is 69.3 Å². The number of hydrogen-bond acceptors (Lipinski definition) is 12. The zero-order chi connectivity index (χ0) is 46.3. The summed E-state index contributed by atoms with van der Waals surface area (Å²) in [4.78, 5) is 64.8. The Morgan fingerprint density at radius 3 is 2.22 bits per heavy atom. The minimum absolute atomic E-state index is 0.00356. The standard InChI is InChI=1S/C47H69N7O9/c1-30-20-38(21-31(2)32(30)3)46(62)51-26-43(59)41(57)23-40(52-44(60)28-54(49)27-39(48)36-13-6-5-7-14-36)42(58)24-47(63,29-55)17-9-12-34-10-8-11-35(22-34)25-50-45(61)37-15-18-53(19-16-37)33(4)56/h8-12,20-22,27,29,36-37,40-43,57-59,63H,5-7,13-19,23-26,28,48-49H2,1-4H3,(H,50,61)(H,51,62)(H,52,60)/b12-9+,39-27-/t40?,41-,42-,43?,47+/m0/s1. The molecule has 1 heterocycles. The molecule has 63 heavy (non-hydrogen) atoms. The quantitative estimate of drug-likeness (QED) is 0.0497. The summed E-state index contributed by atoms with van der Waals surface area (Å²) >= 11 is 0. The number of benzene rings is 2. The van der Waals surface area contributed by atoms with Gasteiger partial charge in [-0.1, -0.05) is 49.6 Å². The third-order valence-corrected chi connectivity index (χ3v) is 12.4. The number of amides is 4. The number of carbonyl (C=O) groups is 5. The first-order chi connectivity index (χ1) is 29.9. The summed E-state index contributed by atoms with van der Waals surface area (Å²) in [6.45, 7) is 7.93. The van der Waals surface area contributed by atoms with E-state index in [1.807, 2.05) is 45.0 Å². The van der Waals surface area contributed by atoms with Crippen LogP contribution < -0.4 is 27.5 Å². The molecule has 2 fully saturated rings. The molecule has 2 aromatic rings. The van der Waals surface area contributed by atoms with Crippen LogP contribution in [0.5, 0.6) is 0 Å². The second kappa shape index (κ2) is 24.1. The highest BCUT2D eigenvalue weighted by Crippen LogP contribution is 2.27. The number of piperidine rings is 1. The molecule has 0 spiro atoms. The van der Waals surface area contributed by atoms with Crippen LogP contribution in [-0.2, 0) is 25.7 Å². The summed E-state index contributed by atoms with van der Waals surface area (Å²) in [5.74, 6) is 4.94. The van der Waals surface area contributed by atoms with Crippen molar-refractivity contribution < 1.29 is 44.4 Å². The third-order valence-electron chi connectivity index (χ3n) is 12.4. The number of nitrogens with two attached hydrogens (primary N) is 2. The van der Waals surface area contributed by atoms with Gasteiger partial charge in [-0.2, -0.15) is 0 Å². The zero-order valence-electron chi connectivity index (χ0n) is 37.2. The van der Waals surface area contributed by atoms with Gasteiger partial charge in [-0.05, 0) is 105 Å². The summed E-state index contributed by atoms with van der Waals surface area (Å²) in [6.07, 6.45) is 5.52. The van der Waals surface area contributed by atoms with E-state index in [0.717, 1.165) is 64.9 Å². The lowest BCUT2D eigenvalue weighted by atomic mass is 9.87. The van der Waals surface area contributed by atoms with Crippen LogP contribution in [0.1, 0.15) is 109 Å². The molecule has 1 aliphatic carbocycles. The molecule has 5 atom stereocenters.